The zero-order valence-corrected chi connectivity index (χ0v) is 16.8. The molecule has 0 aliphatic rings. The number of rotatable bonds is 8. The van der Waals surface area contributed by atoms with Crippen molar-refractivity contribution in [3.63, 3.8) is 0 Å². The van der Waals surface area contributed by atoms with E-state index in [1.807, 2.05) is 29.2 Å². The van der Waals surface area contributed by atoms with Crippen molar-refractivity contribution in [2.75, 3.05) is 22.9 Å². The van der Waals surface area contributed by atoms with Gasteiger partial charge in [-0.15, -0.1) is 0 Å². The predicted molar refractivity (Wildman–Crippen MR) is 118 cm³/mol. The largest absolute Gasteiger partial charge is 0.372 e. The van der Waals surface area contributed by atoms with Crippen LogP contribution in [0, 0.1) is 20.2 Å². The van der Waals surface area contributed by atoms with Crippen LogP contribution in [0.15, 0.2) is 72.8 Å². The van der Waals surface area contributed by atoms with E-state index in [9.17, 15) is 20.2 Å². The molecule has 8 heteroatoms. The van der Waals surface area contributed by atoms with Crippen LogP contribution in [-0.4, -0.2) is 22.9 Å². The van der Waals surface area contributed by atoms with Crippen molar-refractivity contribution in [1.29, 1.82) is 0 Å². The van der Waals surface area contributed by atoms with Gasteiger partial charge in [-0.2, -0.15) is 0 Å². The smallest absolute Gasteiger partial charge is 0.269 e. The molecule has 3 aromatic carbocycles. The normalized spacial score (nSPS) is 10.5. The average Bonchev–Trinajstić information content (AvgIpc) is 2.76. The highest BCUT2D eigenvalue weighted by molar-refractivity contribution is 5.78. The Kier molecular flexibility index (Phi) is 6.26. The van der Waals surface area contributed by atoms with Crippen LogP contribution < -0.4 is 9.80 Å². The Bertz CT molecular complexity index is 957. The molecule has 0 spiro atoms. The summed E-state index contributed by atoms with van der Waals surface area (Å²) in [4.78, 5) is 25.2. The lowest BCUT2D eigenvalue weighted by Gasteiger charge is -2.27. The Labute approximate surface area is 174 Å². The Morgan fingerprint density at radius 1 is 0.600 bits per heavy atom. The number of nitro benzene ring substituents is 2. The van der Waals surface area contributed by atoms with E-state index in [2.05, 4.69) is 18.7 Å². The predicted octanol–water partition coefficient (Wildman–Crippen LogP) is 5.82. The van der Waals surface area contributed by atoms with Crippen LogP contribution in [0.1, 0.15) is 13.8 Å². The maximum atomic E-state index is 11.0. The van der Waals surface area contributed by atoms with Crippen LogP contribution in [0.2, 0.25) is 0 Å². The summed E-state index contributed by atoms with van der Waals surface area (Å²) < 4.78 is 0. The first-order chi connectivity index (χ1) is 14.4. The number of hydrogen-bond donors (Lipinski definition) is 0. The molecule has 0 aromatic heterocycles. The van der Waals surface area contributed by atoms with E-state index in [1.54, 1.807) is 24.3 Å². The summed E-state index contributed by atoms with van der Waals surface area (Å²) in [5.41, 5.74) is 3.36. The van der Waals surface area contributed by atoms with Gasteiger partial charge >= 0.3 is 0 Å². The summed E-state index contributed by atoms with van der Waals surface area (Å²) in [6, 6.07) is 20.4. The second-order valence-corrected chi connectivity index (χ2v) is 6.57. The lowest BCUT2D eigenvalue weighted by molar-refractivity contribution is -0.385. The van der Waals surface area contributed by atoms with E-state index in [0.29, 0.717) is 11.4 Å². The van der Waals surface area contributed by atoms with Crippen molar-refractivity contribution in [2.45, 2.75) is 13.8 Å². The molecule has 0 atom stereocenters. The first-order valence-corrected chi connectivity index (χ1v) is 9.58. The zero-order valence-electron chi connectivity index (χ0n) is 16.8. The van der Waals surface area contributed by atoms with Gasteiger partial charge in [0.2, 0.25) is 0 Å². The van der Waals surface area contributed by atoms with Crippen LogP contribution in [-0.2, 0) is 0 Å². The Balaban J connectivity index is 2.05. The van der Waals surface area contributed by atoms with Crippen molar-refractivity contribution in [1.82, 2.24) is 0 Å². The third-order valence-corrected chi connectivity index (χ3v) is 4.87. The van der Waals surface area contributed by atoms with Crippen molar-refractivity contribution in [2.24, 2.45) is 0 Å². The van der Waals surface area contributed by atoms with Crippen molar-refractivity contribution >= 4 is 34.1 Å². The fourth-order valence-corrected chi connectivity index (χ4v) is 3.30. The maximum Gasteiger partial charge on any atom is 0.269 e. The van der Waals surface area contributed by atoms with Gasteiger partial charge in [-0.3, -0.25) is 20.2 Å². The second-order valence-electron chi connectivity index (χ2n) is 6.57. The fourth-order valence-electron chi connectivity index (χ4n) is 3.30. The van der Waals surface area contributed by atoms with Gasteiger partial charge in [-0.25, -0.2) is 0 Å². The number of benzene rings is 3. The molecular formula is C22H22N4O4. The summed E-state index contributed by atoms with van der Waals surface area (Å²) >= 11 is 0. The highest BCUT2D eigenvalue weighted by Gasteiger charge is 2.16. The number of nitrogens with zero attached hydrogens (tertiary/aromatic N) is 4. The molecule has 0 radical (unpaired) electrons. The van der Waals surface area contributed by atoms with E-state index >= 15 is 0 Å². The number of anilines is 4. The second kappa shape index (κ2) is 9.04. The topological polar surface area (TPSA) is 92.8 Å². The van der Waals surface area contributed by atoms with Crippen LogP contribution in [0.5, 0.6) is 0 Å². The molecule has 0 aliphatic carbocycles. The molecule has 154 valence electrons. The molecule has 0 heterocycles. The maximum absolute atomic E-state index is 11.0. The number of non-ortho nitro benzene ring substituents is 2. The van der Waals surface area contributed by atoms with Gasteiger partial charge in [0.05, 0.1) is 9.85 Å². The molecule has 0 N–H and O–H groups in total. The van der Waals surface area contributed by atoms with E-state index in [-0.39, 0.29) is 11.4 Å². The Morgan fingerprint density at radius 2 is 0.900 bits per heavy atom. The lowest BCUT2D eigenvalue weighted by Crippen LogP contribution is -2.21. The summed E-state index contributed by atoms with van der Waals surface area (Å²) in [7, 11) is 0. The van der Waals surface area contributed by atoms with Gasteiger partial charge in [0, 0.05) is 60.1 Å². The number of nitro groups is 2. The highest BCUT2D eigenvalue weighted by atomic mass is 16.6. The van der Waals surface area contributed by atoms with Gasteiger partial charge in [-0.05, 0) is 62.4 Å². The third kappa shape index (κ3) is 4.38. The lowest BCUT2D eigenvalue weighted by atomic mass is 10.1. The van der Waals surface area contributed by atoms with Crippen molar-refractivity contribution in [3.8, 4) is 0 Å². The van der Waals surface area contributed by atoms with Gasteiger partial charge in [0.1, 0.15) is 0 Å². The summed E-state index contributed by atoms with van der Waals surface area (Å²) in [5, 5.41) is 22.0. The molecule has 3 aromatic rings. The minimum Gasteiger partial charge on any atom is -0.372 e. The van der Waals surface area contributed by atoms with E-state index in [4.69, 9.17) is 0 Å². The van der Waals surface area contributed by atoms with E-state index < -0.39 is 9.85 Å². The first-order valence-electron chi connectivity index (χ1n) is 9.58. The number of hydrogen-bond acceptors (Lipinski definition) is 6. The van der Waals surface area contributed by atoms with Crippen LogP contribution >= 0.6 is 0 Å². The summed E-state index contributed by atoms with van der Waals surface area (Å²) in [6.07, 6.45) is 0. The van der Waals surface area contributed by atoms with Crippen LogP contribution in [0.25, 0.3) is 0 Å². The van der Waals surface area contributed by atoms with Gasteiger partial charge in [0.25, 0.3) is 11.4 Å². The molecule has 0 aliphatic heterocycles. The van der Waals surface area contributed by atoms with Crippen LogP contribution in [0.3, 0.4) is 0 Å². The molecular weight excluding hydrogens is 384 g/mol. The standard InChI is InChI=1S/C22H22N4O4/c1-3-23(4-2)17-5-7-18(8-6-17)24(19-9-13-21(14-10-19)25(27)28)20-11-15-22(16-12-20)26(29)30/h5-16H,3-4H2,1-2H3. The molecule has 0 saturated carbocycles. The van der Waals surface area contributed by atoms with Crippen molar-refractivity contribution in [3.05, 3.63) is 93.0 Å². The SMILES string of the molecule is CCN(CC)c1ccc(N(c2ccc([N+](=O)[O-])cc2)c2ccc([N+](=O)[O-])cc2)cc1. The molecule has 3 rings (SSSR count). The molecule has 0 saturated heterocycles. The van der Waals surface area contributed by atoms with Crippen LogP contribution in [0.4, 0.5) is 34.1 Å². The van der Waals surface area contributed by atoms with Gasteiger partial charge in [0.15, 0.2) is 0 Å². The summed E-state index contributed by atoms with van der Waals surface area (Å²) in [6.45, 7) is 5.98. The average molecular weight is 406 g/mol. The van der Waals surface area contributed by atoms with E-state index in [1.165, 1.54) is 24.3 Å². The zero-order chi connectivity index (χ0) is 21.7. The molecule has 30 heavy (non-hydrogen) atoms. The fraction of sp³-hybridized carbons (Fsp3) is 0.182. The quantitative estimate of drug-likeness (QED) is 0.346. The van der Waals surface area contributed by atoms with Gasteiger partial charge < -0.3 is 9.80 Å². The Hall–Kier alpha value is -3.94. The molecule has 0 fully saturated rings. The highest BCUT2D eigenvalue weighted by Crippen LogP contribution is 2.36. The molecule has 0 bridgehead atoms. The molecule has 8 nitrogen and oxygen atoms in total. The van der Waals surface area contributed by atoms with Gasteiger partial charge in [-0.1, -0.05) is 0 Å². The minimum absolute atomic E-state index is 0.000666. The minimum atomic E-state index is -0.446. The Morgan fingerprint density at radius 3 is 1.20 bits per heavy atom. The molecule has 0 unspecified atom stereocenters. The monoisotopic (exact) mass is 406 g/mol. The first kappa shape index (κ1) is 20.8. The van der Waals surface area contributed by atoms with Crippen molar-refractivity contribution < 1.29 is 9.85 Å². The summed E-state index contributed by atoms with van der Waals surface area (Å²) in [5.74, 6) is 0. The molecule has 0 amide bonds. The third-order valence-electron chi connectivity index (χ3n) is 4.87. The van der Waals surface area contributed by atoms with E-state index in [0.717, 1.165) is 24.5 Å².